The zero-order valence-corrected chi connectivity index (χ0v) is 18.5. The Morgan fingerprint density at radius 2 is 2.10 bits per heavy atom. The maximum atomic E-state index is 12.8. The van der Waals surface area contributed by atoms with E-state index < -0.39 is 6.10 Å². The highest BCUT2D eigenvalue weighted by molar-refractivity contribution is 7.17. The van der Waals surface area contributed by atoms with Gasteiger partial charge in [0.25, 0.3) is 5.91 Å². The molecule has 31 heavy (non-hydrogen) atoms. The summed E-state index contributed by atoms with van der Waals surface area (Å²) in [4.78, 5) is 16.8. The van der Waals surface area contributed by atoms with Crippen molar-refractivity contribution in [3.63, 3.8) is 0 Å². The minimum Gasteiger partial charge on any atom is -0.481 e. The van der Waals surface area contributed by atoms with Gasteiger partial charge in [0.05, 0.1) is 17.3 Å². The number of ether oxygens (including phenoxy) is 2. The largest absolute Gasteiger partial charge is 0.481 e. The van der Waals surface area contributed by atoms with Crippen molar-refractivity contribution in [3.8, 4) is 5.88 Å². The second-order valence-electron chi connectivity index (χ2n) is 7.40. The van der Waals surface area contributed by atoms with Crippen molar-refractivity contribution in [3.05, 3.63) is 75.9 Å². The molecule has 2 unspecified atom stereocenters. The van der Waals surface area contributed by atoms with Crippen LogP contribution in [0.5, 0.6) is 5.88 Å². The van der Waals surface area contributed by atoms with Gasteiger partial charge in [-0.05, 0) is 42.1 Å². The van der Waals surface area contributed by atoms with Gasteiger partial charge in [0, 0.05) is 40.8 Å². The summed E-state index contributed by atoms with van der Waals surface area (Å²) in [6.07, 6.45) is 0.821. The van der Waals surface area contributed by atoms with E-state index in [2.05, 4.69) is 33.2 Å². The molecule has 1 saturated heterocycles. The Morgan fingerprint density at radius 1 is 1.29 bits per heavy atom. The fourth-order valence-electron chi connectivity index (χ4n) is 3.86. The highest BCUT2D eigenvalue weighted by Gasteiger charge is 2.48. The van der Waals surface area contributed by atoms with Gasteiger partial charge in [0.2, 0.25) is 5.88 Å². The van der Waals surface area contributed by atoms with E-state index in [0.717, 1.165) is 33.0 Å². The lowest BCUT2D eigenvalue weighted by Gasteiger charge is -2.09. The Hall–Kier alpha value is -2.87. The van der Waals surface area contributed by atoms with E-state index >= 15 is 0 Å². The Kier molecular flexibility index (Phi) is 5.17. The number of carbonyl (C=O) groups is 1. The number of nitrogens with one attached hydrogen (secondary N) is 1. The van der Waals surface area contributed by atoms with Crippen LogP contribution >= 0.6 is 22.9 Å². The fraction of sp³-hybridized carbons (Fsp3) is 0.217. The van der Waals surface area contributed by atoms with Crippen molar-refractivity contribution < 1.29 is 14.3 Å². The number of aromatic nitrogens is 2. The van der Waals surface area contributed by atoms with Crippen LogP contribution in [0.25, 0.3) is 10.2 Å². The van der Waals surface area contributed by atoms with E-state index in [4.69, 9.17) is 21.1 Å². The molecular weight excluding hydrogens is 434 g/mol. The van der Waals surface area contributed by atoms with Crippen LogP contribution in [0.4, 0.5) is 5.69 Å². The Labute approximate surface area is 188 Å². The van der Waals surface area contributed by atoms with E-state index in [0.29, 0.717) is 11.6 Å². The molecule has 4 heterocycles. The van der Waals surface area contributed by atoms with Crippen molar-refractivity contribution in [2.75, 3.05) is 12.4 Å². The van der Waals surface area contributed by atoms with E-state index in [1.54, 1.807) is 29.7 Å². The van der Waals surface area contributed by atoms with Gasteiger partial charge in [-0.2, -0.15) is 0 Å². The number of halogens is 1. The Bertz CT molecular complexity index is 1270. The van der Waals surface area contributed by atoms with Gasteiger partial charge in [-0.1, -0.05) is 23.7 Å². The maximum Gasteiger partial charge on any atom is 0.256 e. The lowest BCUT2D eigenvalue weighted by Crippen LogP contribution is -2.18. The second kappa shape index (κ2) is 8.00. The summed E-state index contributed by atoms with van der Waals surface area (Å²) in [5.74, 6) is 0.272. The number of nitrogens with zero attached hydrogens (tertiary/aromatic N) is 2. The van der Waals surface area contributed by atoms with Crippen LogP contribution in [-0.2, 0) is 16.1 Å². The molecule has 1 fully saturated rings. The summed E-state index contributed by atoms with van der Waals surface area (Å²) in [6.45, 7) is 2.82. The first-order chi connectivity index (χ1) is 15.0. The molecule has 0 spiro atoms. The number of carbonyl (C=O) groups excluding carboxylic acids is 1. The van der Waals surface area contributed by atoms with Crippen molar-refractivity contribution >= 4 is 44.7 Å². The molecule has 1 N–H and O–H groups in total. The molecular formula is C23H20ClN3O3S. The highest BCUT2D eigenvalue weighted by atomic mass is 35.5. The van der Waals surface area contributed by atoms with Crippen LogP contribution in [0, 0.1) is 6.92 Å². The predicted octanol–water partition coefficient (Wildman–Crippen LogP) is 5.20. The monoisotopic (exact) mass is 453 g/mol. The molecule has 1 aromatic carbocycles. The van der Waals surface area contributed by atoms with Gasteiger partial charge in [0.15, 0.2) is 6.10 Å². The maximum absolute atomic E-state index is 12.8. The number of rotatable bonds is 6. The molecule has 2 atom stereocenters. The summed E-state index contributed by atoms with van der Waals surface area (Å²) in [7, 11) is 1.54. The minimum atomic E-state index is -0.519. The number of amides is 1. The molecule has 4 aromatic rings. The number of pyridine rings is 1. The molecule has 0 aliphatic carbocycles. The Balaban J connectivity index is 1.38. The van der Waals surface area contributed by atoms with Crippen molar-refractivity contribution in [1.29, 1.82) is 0 Å². The number of methoxy groups -OCH3 is 1. The van der Waals surface area contributed by atoms with Crippen LogP contribution in [0.15, 0.2) is 54.0 Å². The number of anilines is 1. The van der Waals surface area contributed by atoms with Crippen LogP contribution in [0.1, 0.15) is 22.9 Å². The highest BCUT2D eigenvalue weighted by Crippen LogP contribution is 2.46. The second-order valence-corrected chi connectivity index (χ2v) is 8.75. The third kappa shape index (κ3) is 3.80. The summed E-state index contributed by atoms with van der Waals surface area (Å²) in [6, 6.07) is 13.4. The quantitative estimate of drug-likeness (QED) is 0.407. The average molecular weight is 454 g/mol. The van der Waals surface area contributed by atoms with Crippen molar-refractivity contribution in [1.82, 2.24) is 9.55 Å². The van der Waals surface area contributed by atoms with Crippen LogP contribution < -0.4 is 10.1 Å². The molecule has 1 amide bonds. The van der Waals surface area contributed by atoms with Gasteiger partial charge in [-0.25, -0.2) is 4.98 Å². The first-order valence-electron chi connectivity index (χ1n) is 9.82. The Morgan fingerprint density at radius 3 is 2.87 bits per heavy atom. The standard InChI is InChI=1S/C23H20ClN3O3S/c1-13-19(20-21(30-20)23(28)26-16-7-9-25-18(11-16)29-2)22-17(8-10-31-22)27(13)12-14-3-5-15(24)6-4-14/h3-11,20-21H,12H2,1-2H3,(H,25,26,28). The van der Waals surface area contributed by atoms with Gasteiger partial charge < -0.3 is 19.4 Å². The molecule has 1 aliphatic rings. The number of fused-ring (bicyclic) bond motifs is 1. The fourth-order valence-corrected chi connectivity index (χ4v) is 5.01. The lowest BCUT2D eigenvalue weighted by atomic mass is 10.1. The van der Waals surface area contributed by atoms with E-state index in [9.17, 15) is 4.79 Å². The number of hydrogen-bond acceptors (Lipinski definition) is 5. The zero-order valence-electron chi connectivity index (χ0n) is 17.0. The first kappa shape index (κ1) is 20.1. The smallest absolute Gasteiger partial charge is 0.256 e. The lowest BCUT2D eigenvalue weighted by molar-refractivity contribution is -0.117. The summed E-state index contributed by atoms with van der Waals surface area (Å²) in [5.41, 5.74) is 5.15. The third-order valence-corrected chi connectivity index (χ3v) is 6.66. The molecule has 0 saturated carbocycles. The molecule has 0 radical (unpaired) electrons. The van der Waals surface area contributed by atoms with E-state index in [1.807, 2.05) is 24.3 Å². The first-order valence-corrected chi connectivity index (χ1v) is 11.1. The minimum absolute atomic E-state index is 0.173. The van der Waals surface area contributed by atoms with E-state index in [1.165, 1.54) is 12.7 Å². The number of hydrogen-bond donors (Lipinski definition) is 1. The van der Waals surface area contributed by atoms with Gasteiger partial charge in [-0.3, -0.25) is 4.79 Å². The summed E-state index contributed by atoms with van der Waals surface area (Å²) >= 11 is 7.70. The summed E-state index contributed by atoms with van der Waals surface area (Å²) in [5, 5.41) is 5.69. The SMILES string of the molecule is COc1cc(NC(=O)C2OC2c2c(C)n(Cc3ccc(Cl)cc3)c3ccsc23)ccn1. The molecule has 8 heteroatoms. The molecule has 5 rings (SSSR count). The molecule has 6 nitrogen and oxygen atoms in total. The topological polar surface area (TPSA) is 68.7 Å². The van der Waals surface area contributed by atoms with Crippen LogP contribution in [-0.4, -0.2) is 28.7 Å². The van der Waals surface area contributed by atoms with Gasteiger partial charge in [-0.15, -0.1) is 11.3 Å². The predicted molar refractivity (Wildman–Crippen MR) is 122 cm³/mol. The molecule has 158 valence electrons. The molecule has 0 bridgehead atoms. The average Bonchev–Trinajstić information content (AvgIpc) is 3.34. The van der Waals surface area contributed by atoms with E-state index in [-0.39, 0.29) is 12.0 Å². The third-order valence-electron chi connectivity index (χ3n) is 5.47. The normalized spacial score (nSPS) is 17.6. The number of epoxide rings is 1. The van der Waals surface area contributed by atoms with Crippen LogP contribution in [0.2, 0.25) is 5.02 Å². The van der Waals surface area contributed by atoms with Gasteiger partial charge in [0.1, 0.15) is 6.10 Å². The van der Waals surface area contributed by atoms with Gasteiger partial charge >= 0.3 is 0 Å². The van der Waals surface area contributed by atoms with Crippen molar-refractivity contribution in [2.24, 2.45) is 0 Å². The van der Waals surface area contributed by atoms with Crippen molar-refractivity contribution in [2.45, 2.75) is 25.7 Å². The molecule has 3 aromatic heterocycles. The number of benzene rings is 1. The van der Waals surface area contributed by atoms with Crippen LogP contribution in [0.3, 0.4) is 0 Å². The molecule has 1 aliphatic heterocycles. The summed E-state index contributed by atoms with van der Waals surface area (Å²) < 4.78 is 14.4. The number of thiophene rings is 1. The zero-order chi connectivity index (χ0) is 21.5.